The van der Waals surface area contributed by atoms with Gasteiger partial charge in [0, 0.05) is 44.0 Å². The summed E-state index contributed by atoms with van der Waals surface area (Å²) in [5, 5.41) is 2.64. The lowest BCUT2D eigenvalue weighted by molar-refractivity contribution is -0.134. The van der Waals surface area contributed by atoms with Crippen LogP contribution in [0.1, 0.15) is 68.2 Å². The van der Waals surface area contributed by atoms with Crippen LogP contribution in [0, 0.1) is 0 Å². The Balaban J connectivity index is 1.59. The predicted molar refractivity (Wildman–Crippen MR) is 135 cm³/mol. The number of aromatic nitrogens is 2. The first-order chi connectivity index (χ1) is 16.1. The fourth-order valence-corrected chi connectivity index (χ4v) is 4.07. The van der Waals surface area contributed by atoms with E-state index in [1.807, 2.05) is 39.6 Å². The molecule has 2 fully saturated rings. The van der Waals surface area contributed by atoms with Crippen molar-refractivity contribution in [3.05, 3.63) is 12.4 Å². The minimum Gasteiger partial charge on any atom is -0.444 e. The average Bonchev–Trinajstić information content (AvgIpc) is 2.98. The van der Waals surface area contributed by atoms with Gasteiger partial charge in [-0.2, -0.15) is 0 Å². The number of ether oxygens (including phenoxy) is 1. The molecular weight excluding hydrogens is 449 g/mol. The van der Waals surface area contributed by atoms with Crippen LogP contribution in [-0.2, 0) is 18.8 Å². The second kappa shape index (κ2) is 9.93. The number of nitrogens with one attached hydrogen (secondary N) is 1. The molecule has 1 aromatic rings. The summed E-state index contributed by atoms with van der Waals surface area (Å²) in [5.41, 5.74) is -0.714. The van der Waals surface area contributed by atoms with Gasteiger partial charge in [-0.15, -0.1) is 0 Å². The zero-order valence-electron chi connectivity index (χ0n) is 22.5. The third kappa shape index (κ3) is 6.44. The molecule has 0 radical (unpaired) electrons. The highest BCUT2D eigenvalue weighted by Crippen LogP contribution is 2.36. The Hall–Kier alpha value is -2.40. The molecule has 2 atom stereocenters. The normalized spacial score (nSPS) is 22.5. The number of anilines is 1. The van der Waals surface area contributed by atoms with Crippen LogP contribution in [-0.4, -0.2) is 83.0 Å². The molecule has 194 valence electrons. The Morgan fingerprint density at radius 3 is 2.31 bits per heavy atom. The summed E-state index contributed by atoms with van der Waals surface area (Å²) in [4.78, 5) is 37.9. The first kappa shape index (κ1) is 27.2. The molecular formula is C24H40BN5O5. The Morgan fingerprint density at radius 1 is 1.20 bits per heavy atom. The summed E-state index contributed by atoms with van der Waals surface area (Å²) in [6.45, 7) is 16.2. The smallest absolute Gasteiger partial charge is 0.444 e. The number of piperidine rings is 1. The Morgan fingerprint density at radius 2 is 1.77 bits per heavy atom. The highest BCUT2D eigenvalue weighted by atomic mass is 16.7. The lowest BCUT2D eigenvalue weighted by Gasteiger charge is -2.38. The number of rotatable bonds is 5. The van der Waals surface area contributed by atoms with Gasteiger partial charge in [-0.05, 0) is 68.2 Å². The lowest BCUT2D eigenvalue weighted by atomic mass is 9.81. The van der Waals surface area contributed by atoms with Crippen molar-refractivity contribution < 1.29 is 23.6 Å². The number of carbonyl (C=O) groups excluding carboxylic acids is 2. The van der Waals surface area contributed by atoms with E-state index in [4.69, 9.17) is 14.0 Å². The van der Waals surface area contributed by atoms with Gasteiger partial charge in [0.25, 0.3) is 0 Å². The fourth-order valence-electron chi connectivity index (χ4n) is 4.07. The molecule has 3 heterocycles. The van der Waals surface area contributed by atoms with Crippen LogP contribution in [0.4, 0.5) is 10.7 Å². The largest absolute Gasteiger partial charge is 0.498 e. The molecule has 1 N–H and O–H groups in total. The molecule has 35 heavy (non-hydrogen) atoms. The zero-order valence-corrected chi connectivity index (χ0v) is 22.5. The van der Waals surface area contributed by atoms with Crippen LogP contribution in [0.15, 0.2) is 12.4 Å². The lowest BCUT2D eigenvalue weighted by Crippen LogP contribution is -2.54. The fraction of sp³-hybridized carbons (Fsp3) is 0.750. The second-order valence-corrected chi connectivity index (χ2v) is 11.5. The van der Waals surface area contributed by atoms with Crippen molar-refractivity contribution in [3.8, 4) is 0 Å². The van der Waals surface area contributed by atoms with Crippen LogP contribution >= 0.6 is 0 Å². The van der Waals surface area contributed by atoms with Crippen molar-refractivity contribution in [3.63, 3.8) is 0 Å². The molecule has 3 rings (SSSR count). The van der Waals surface area contributed by atoms with Gasteiger partial charge in [0.2, 0.25) is 11.9 Å². The van der Waals surface area contributed by atoms with Crippen LogP contribution in [0.2, 0.25) is 0 Å². The number of amides is 2. The molecule has 1 aromatic heterocycles. The van der Waals surface area contributed by atoms with Crippen molar-refractivity contribution >= 4 is 30.5 Å². The van der Waals surface area contributed by atoms with E-state index in [1.54, 1.807) is 45.0 Å². The van der Waals surface area contributed by atoms with Crippen molar-refractivity contribution in [2.75, 3.05) is 25.0 Å². The summed E-state index contributed by atoms with van der Waals surface area (Å²) in [6, 6.07) is -0.617. The maximum Gasteiger partial charge on any atom is 0.498 e. The van der Waals surface area contributed by atoms with E-state index in [9.17, 15) is 9.59 Å². The van der Waals surface area contributed by atoms with Gasteiger partial charge in [-0.25, -0.2) is 14.8 Å². The minimum absolute atomic E-state index is 0.0594. The molecule has 2 aliphatic rings. The minimum atomic E-state index is -0.677. The van der Waals surface area contributed by atoms with E-state index in [2.05, 4.69) is 15.3 Å². The number of carbonyl (C=O) groups is 2. The van der Waals surface area contributed by atoms with Gasteiger partial charge in [0.05, 0.1) is 11.2 Å². The van der Waals surface area contributed by atoms with E-state index in [-0.39, 0.29) is 11.9 Å². The molecule has 11 heteroatoms. The molecule has 0 spiro atoms. The first-order valence-corrected chi connectivity index (χ1v) is 12.3. The maximum absolute atomic E-state index is 13.0. The van der Waals surface area contributed by atoms with Gasteiger partial charge in [0.15, 0.2) is 0 Å². The summed E-state index contributed by atoms with van der Waals surface area (Å²) in [5.74, 6) is 0.440. The maximum atomic E-state index is 13.0. The third-order valence-corrected chi connectivity index (χ3v) is 6.86. The van der Waals surface area contributed by atoms with Gasteiger partial charge < -0.3 is 29.2 Å². The quantitative estimate of drug-likeness (QED) is 0.627. The molecule has 0 aliphatic carbocycles. The molecule has 2 amide bonds. The molecule has 2 aliphatic heterocycles. The van der Waals surface area contributed by atoms with E-state index >= 15 is 0 Å². The van der Waals surface area contributed by atoms with Crippen LogP contribution in [0.25, 0.3) is 0 Å². The topological polar surface area (TPSA) is 106 Å². The average molecular weight is 489 g/mol. The highest BCUT2D eigenvalue weighted by Gasteiger charge is 2.52. The van der Waals surface area contributed by atoms with Gasteiger partial charge >= 0.3 is 13.2 Å². The SMILES string of the molecule is CC(NC(=O)OC(C)(C)C)C(=O)N1CCC[C@@H](N(C)c2ncc(B3OC(C)(C)C(C)(C)O3)cn2)C1. The monoisotopic (exact) mass is 489 g/mol. The van der Waals surface area contributed by atoms with Gasteiger partial charge in [-0.3, -0.25) is 4.79 Å². The molecule has 10 nitrogen and oxygen atoms in total. The summed E-state index contributed by atoms with van der Waals surface area (Å²) in [7, 11) is 1.42. The predicted octanol–water partition coefficient (Wildman–Crippen LogP) is 2.12. The number of likely N-dealkylation sites (tertiary alicyclic amines) is 1. The third-order valence-electron chi connectivity index (χ3n) is 6.86. The summed E-state index contributed by atoms with van der Waals surface area (Å²) < 4.78 is 17.4. The van der Waals surface area contributed by atoms with Crippen molar-refractivity contribution in [2.45, 2.75) is 97.1 Å². The first-order valence-electron chi connectivity index (χ1n) is 12.3. The van der Waals surface area contributed by atoms with E-state index < -0.39 is 36.1 Å². The van der Waals surface area contributed by atoms with Crippen LogP contribution in [0.5, 0.6) is 0 Å². The molecule has 0 bridgehead atoms. The van der Waals surface area contributed by atoms with Crippen molar-refractivity contribution in [2.24, 2.45) is 0 Å². The number of alkyl carbamates (subject to hydrolysis) is 1. The van der Waals surface area contributed by atoms with E-state index in [0.29, 0.717) is 19.0 Å². The molecule has 0 aromatic carbocycles. The Kier molecular flexibility index (Phi) is 7.71. The standard InChI is InChI=1S/C24H40BN5O5/c1-16(28-21(32)33-22(2,3)4)19(31)30-12-10-11-18(15-30)29(9)20-26-13-17(14-27-20)25-34-23(5,6)24(7,8)35-25/h13-14,16,18H,10-12,15H2,1-9H3,(H,28,32)/t16?,18-/m1/s1. The van der Waals surface area contributed by atoms with Crippen LogP contribution < -0.4 is 15.7 Å². The van der Waals surface area contributed by atoms with Crippen molar-refractivity contribution in [1.29, 1.82) is 0 Å². The summed E-state index contributed by atoms with van der Waals surface area (Å²) >= 11 is 0. The Bertz CT molecular complexity index is 902. The van der Waals surface area contributed by atoms with Gasteiger partial charge in [0.1, 0.15) is 11.6 Å². The number of hydrogen-bond donors (Lipinski definition) is 1. The zero-order chi connectivity index (χ0) is 26.2. The van der Waals surface area contributed by atoms with Gasteiger partial charge in [-0.1, -0.05) is 0 Å². The number of hydrogen-bond acceptors (Lipinski definition) is 8. The van der Waals surface area contributed by atoms with Crippen LogP contribution in [0.3, 0.4) is 0 Å². The van der Waals surface area contributed by atoms with Crippen molar-refractivity contribution in [1.82, 2.24) is 20.2 Å². The molecule has 0 saturated carbocycles. The molecule has 2 saturated heterocycles. The van der Waals surface area contributed by atoms with E-state index in [0.717, 1.165) is 18.3 Å². The Labute approximate surface area is 209 Å². The number of nitrogens with zero attached hydrogens (tertiary/aromatic N) is 4. The second-order valence-electron chi connectivity index (χ2n) is 11.5. The summed E-state index contributed by atoms with van der Waals surface area (Å²) in [6.07, 6.45) is 4.64. The highest BCUT2D eigenvalue weighted by molar-refractivity contribution is 6.61. The van der Waals surface area contributed by atoms with E-state index in [1.165, 1.54) is 0 Å². The molecule has 1 unspecified atom stereocenters. The number of likely N-dealkylation sites (N-methyl/N-ethyl adjacent to an activating group) is 1.